The van der Waals surface area contributed by atoms with E-state index in [1.165, 1.54) is 6.42 Å². The fraction of sp³-hybridized carbons (Fsp3) is 0.923. The molecule has 0 bridgehead atoms. The van der Waals surface area contributed by atoms with Crippen molar-refractivity contribution in [3.63, 3.8) is 0 Å². The van der Waals surface area contributed by atoms with Crippen molar-refractivity contribution >= 4 is 5.91 Å². The third-order valence-electron chi connectivity index (χ3n) is 3.13. The molecule has 17 heavy (non-hydrogen) atoms. The van der Waals surface area contributed by atoms with Crippen molar-refractivity contribution in [3.05, 3.63) is 0 Å². The van der Waals surface area contributed by atoms with Gasteiger partial charge in [0.25, 0.3) is 0 Å². The van der Waals surface area contributed by atoms with Crippen molar-refractivity contribution < 1.29 is 9.90 Å². The molecule has 1 rings (SSSR count). The summed E-state index contributed by atoms with van der Waals surface area (Å²) in [6.45, 7) is 7.42. The lowest BCUT2D eigenvalue weighted by atomic mass is 10.1. The molecule has 0 aliphatic carbocycles. The Morgan fingerprint density at radius 1 is 1.41 bits per heavy atom. The number of likely N-dealkylation sites (N-methyl/N-ethyl adjacent to an activating group) is 1. The molecule has 1 heterocycles. The molecule has 1 aliphatic heterocycles. The van der Waals surface area contributed by atoms with E-state index in [1.807, 2.05) is 6.92 Å². The Hall–Kier alpha value is -0.610. The first kappa shape index (κ1) is 14.5. The lowest BCUT2D eigenvalue weighted by molar-refractivity contribution is -0.136. The van der Waals surface area contributed by atoms with Crippen molar-refractivity contribution in [2.45, 2.75) is 58.1 Å². The summed E-state index contributed by atoms with van der Waals surface area (Å²) in [5, 5.41) is 13.1. The molecule has 1 atom stereocenters. The molecule has 0 saturated carbocycles. The molecule has 1 fully saturated rings. The van der Waals surface area contributed by atoms with Crippen LogP contribution >= 0.6 is 0 Å². The van der Waals surface area contributed by atoms with Gasteiger partial charge in [0.05, 0.1) is 11.6 Å². The van der Waals surface area contributed by atoms with Gasteiger partial charge in [0.2, 0.25) is 5.91 Å². The third kappa shape index (κ3) is 5.04. The van der Waals surface area contributed by atoms with Crippen LogP contribution < -0.4 is 5.32 Å². The molecule has 2 N–H and O–H groups in total. The van der Waals surface area contributed by atoms with Crippen LogP contribution in [-0.2, 0) is 4.79 Å². The maximum Gasteiger partial charge on any atom is 0.239 e. The minimum Gasteiger partial charge on any atom is -0.389 e. The number of carbonyl (C=O) groups is 1. The van der Waals surface area contributed by atoms with E-state index in [0.717, 1.165) is 25.8 Å². The molecule has 1 unspecified atom stereocenters. The summed E-state index contributed by atoms with van der Waals surface area (Å²) in [6.07, 6.45) is 4.39. The molecule has 4 nitrogen and oxygen atoms in total. The van der Waals surface area contributed by atoms with E-state index < -0.39 is 5.60 Å². The largest absolute Gasteiger partial charge is 0.389 e. The second kappa shape index (κ2) is 6.36. The first-order valence-corrected chi connectivity index (χ1v) is 6.68. The number of amides is 1. The summed E-state index contributed by atoms with van der Waals surface area (Å²) < 4.78 is 0. The van der Waals surface area contributed by atoms with Gasteiger partial charge >= 0.3 is 0 Å². The minimum atomic E-state index is -0.823. The normalized spacial score (nSPS) is 22.0. The minimum absolute atomic E-state index is 0.0557. The molecule has 0 aromatic heterocycles. The molecule has 4 heteroatoms. The van der Waals surface area contributed by atoms with Crippen LogP contribution in [0.2, 0.25) is 0 Å². The Kier molecular flexibility index (Phi) is 5.40. The Morgan fingerprint density at radius 3 is 2.71 bits per heavy atom. The van der Waals surface area contributed by atoms with E-state index in [1.54, 1.807) is 18.7 Å². The van der Waals surface area contributed by atoms with Gasteiger partial charge in [-0.1, -0.05) is 12.8 Å². The van der Waals surface area contributed by atoms with Gasteiger partial charge in [0.15, 0.2) is 0 Å². The van der Waals surface area contributed by atoms with Gasteiger partial charge in [-0.15, -0.1) is 0 Å². The highest BCUT2D eigenvalue weighted by Gasteiger charge is 2.27. The average Bonchev–Trinajstić information content (AvgIpc) is 2.52. The zero-order valence-corrected chi connectivity index (χ0v) is 11.3. The zero-order valence-electron chi connectivity index (χ0n) is 11.3. The Bertz CT molecular complexity index is 240. The molecule has 0 spiro atoms. The standard InChI is InChI=1S/C13H26N2O2/c1-4-15(10-13(2,3)17)12(16)11-8-6-5-7-9-14-11/h11,14,17H,4-10H2,1-3H3. The maximum atomic E-state index is 12.3. The van der Waals surface area contributed by atoms with Crippen LogP contribution in [0.4, 0.5) is 0 Å². The van der Waals surface area contributed by atoms with E-state index in [-0.39, 0.29) is 11.9 Å². The number of nitrogens with one attached hydrogen (secondary N) is 1. The molecule has 0 aromatic rings. The SMILES string of the molecule is CCN(CC(C)(C)O)C(=O)C1CCCCCN1. The molecule has 1 saturated heterocycles. The van der Waals surface area contributed by atoms with Gasteiger partial charge in [-0.05, 0) is 40.2 Å². The monoisotopic (exact) mass is 242 g/mol. The zero-order chi connectivity index (χ0) is 12.9. The number of carbonyl (C=O) groups excluding carboxylic acids is 1. The fourth-order valence-electron chi connectivity index (χ4n) is 2.27. The smallest absolute Gasteiger partial charge is 0.239 e. The lowest BCUT2D eigenvalue weighted by Gasteiger charge is -2.31. The molecular weight excluding hydrogens is 216 g/mol. The van der Waals surface area contributed by atoms with E-state index >= 15 is 0 Å². The summed E-state index contributed by atoms with van der Waals surface area (Å²) in [5.74, 6) is 0.136. The first-order valence-electron chi connectivity index (χ1n) is 6.68. The van der Waals surface area contributed by atoms with Gasteiger partial charge in [-0.3, -0.25) is 4.79 Å². The number of hydrogen-bond donors (Lipinski definition) is 2. The topological polar surface area (TPSA) is 52.6 Å². The van der Waals surface area contributed by atoms with Gasteiger partial charge < -0.3 is 15.3 Å². The first-order chi connectivity index (χ1) is 7.94. The second-order valence-electron chi connectivity index (χ2n) is 5.52. The quantitative estimate of drug-likeness (QED) is 0.777. The van der Waals surface area contributed by atoms with Crippen LogP contribution in [0.15, 0.2) is 0 Å². The Balaban J connectivity index is 2.57. The highest BCUT2D eigenvalue weighted by Crippen LogP contribution is 2.13. The van der Waals surface area contributed by atoms with Crippen molar-refractivity contribution in [1.82, 2.24) is 10.2 Å². The number of aliphatic hydroxyl groups is 1. The van der Waals surface area contributed by atoms with E-state index in [0.29, 0.717) is 13.1 Å². The molecule has 0 aromatic carbocycles. The summed E-state index contributed by atoms with van der Waals surface area (Å²) in [6, 6.07) is -0.0557. The maximum absolute atomic E-state index is 12.3. The van der Waals surface area contributed by atoms with Gasteiger partial charge in [-0.2, -0.15) is 0 Å². The average molecular weight is 242 g/mol. The van der Waals surface area contributed by atoms with Crippen LogP contribution in [0.3, 0.4) is 0 Å². The van der Waals surface area contributed by atoms with Crippen LogP contribution in [0.1, 0.15) is 46.5 Å². The Morgan fingerprint density at radius 2 is 2.12 bits per heavy atom. The van der Waals surface area contributed by atoms with Crippen molar-refractivity contribution in [1.29, 1.82) is 0 Å². The molecule has 100 valence electrons. The van der Waals surface area contributed by atoms with E-state index in [4.69, 9.17) is 0 Å². The number of hydrogen-bond acceptors (Lipinski definition) is 3. The van der Waals surface area contributed by atoms with Gasteiger partial charge in [0, 0.05) is 13.1 Å². The van der Waals surface area contributed by atoms with Crippen LogP contribution in [0.5, 0.6) is 0 Å². The predicted octanol–water partition coefficient (Wildman–Crippen LogP) is 1.14. The molecular formula is C13H26N2O2. The summed E-state index contributed by atoms with van der Waals surface area (Å²) in [7, 11) is 0. The number of rotatable bonds is 4. The van der Waals surface area contributed by atoms with Crippen LogP contribution in [0, 0.1) is 0 Å². The van der Waals surface area contributed by atoms with E-state index in [9.17, 15) is 9.90 Å². The van der Waals surface area contributed by atoms with Crippen molar-refractivity contribution in [2.24, 2.45) is 0 Å². The predicted molar refractivity (Wildman–Crippen MR) is 68.8 cm³/mol. The summed E-state index contributed by atoms with van der Waals surface area (Å²) in [5.41, 5.74) is -0.823. The van der Waals surface area contributed by atoms with Gasteiger partial charge in [-0.25, -0.2) is 0 Å². The number of nitrogens with zero attached hydrogens (tertiary/aromatic N) is 1. The summed E-state index contributed by atoms with van der Waals surface area (Å²) in [4.78, 5) is 14.1. The molecule has 1 amide bonds. The van der Waals surface area contributed by atoms with Crippen LogP contribution in [0.25, 0.3) is 0 Å². The van der Waals surface area contributed by atoms with Crippen molar-refractivity contribution in [3.8, 4) is 0 Å². The third-order valence-corrected chi connectivity index (χ3v) is 3.13. The van der Waals surface area contributed by atoms with Crippen LogP contribution in [-0.4, -0.2) is 47.2 Å². The Labute approximate surface area is 104 Å². The fourth-order valence-corrected chi connectivity index (χ4v) is 2.27. The highest BCUT2D eigenvalue weighted by atomic mass is 16.3. The van der Waals surface area contributed by atoms with Crippen molar-refractivity contribution in [2.75, 3.05) is 19.6 Å². The highest BCUT2D eigenvalue weighted by molar-refractivity contribution is 5.82. The second-order valence-corrected chi connectivity index (χ2v) is 5.52. The lowest BCUT2D eigenvalue weighted by Crippen LogP contribution is -2.50. The molecule has 1 aliphatic rings. The summed E-state index contributed by atoms with van der Waals surface area (Å²) >= 11 is 0. The van der Waals surface area contributed by atoms with Gasteiger partial charge in [0.1, 0.15) is 0 Å². The molecule has 0 radical (unpaired) electrons. The van der Waals surface area contributed by atoms with E-state index in [2.05, 4.69) is 5.32 Å².